The maximum Gasteiger partial charge on any atom is 0.327 e. The van der Waals surface area contributed by atoms with E-state index in [1.807, 2.05) is 36.4 Å². The first kappa shape index (κ1) is 10.7. The second-order valence-corrected chi connectivity index (χ2v) is 4.56. The zero-order valence-corrected chi connectivity index (χ0v) is 10.2. The van der Waals surface area contributed by atoms with Crippen molar-refractivity contribution in [1.82, 2.24) is 9.80 Å². The van der Waals surface area contributed by atoms with Gasteiger partial charge in [0.05, 0.1) is 9.97 Å². The summed E-state index contributed by atoms with van der Waals surface area (Å²) in [4.78, 5) is 26.1. The molecule has 0 unspecified atom stereocenters. The summed E-state index contributed by atoms with van der Waals surface area (Å²) < 4.78 is 0.420. The van der Waals surface area contributed by atoms with Crippen LogP contribution in [0.5, 0.6) is 0 Å². The van der Waals surface area contributed by atoms with Crippen LogP contribution in [-0.4, -0.2) is 39.9 Å². The monoisotopic (exact) mass is 296 g/mol. The second kappa shape index (κ2) is 3.43. The van der Waals surface area contributed by atoms with Crippen molar-refractivity contribution in [2.24, 2.45) is 5.41 Å². The predicted molar refractivity (Wildman–Crippen MR) is 57.5 cm³/mol. The lowest BCUT2D eigenvalue weighted by molar-refractivity contribution is -0.140. The molecule has 1 saturated heterocycles. The number of hydrogen-bond acceptors (Lipinski definition) is 2. The first-order valence-corrected chi connectivity index (χ1v) is 5.56. The molecule has 1 fully saturated rings. The van der Waals surface area contributed by atoms with E-state index in [0.717, 1.165) is 0 Å². The first-order chi connectivity index (χ1) is 5.90. The molecule has 13 heavy (non-hydrogen) atoms. The number of imide groups is 1. The van der Waals surface area contributed by atoms with Gasteiger partial charge in [0.1, 0.15) is 0 Å². The largest absolute Gasteiger partial charge is 0.327 e. The second-order valence-electron chi connectivity index (χ2n) is 3.88. The summed E-state index contributed by atoms with van der Waals surface area (Å²) >= 11 is 2.02. The van der Waals surface area contributed by atoms with Crippen molar-refractivity contribution in [3.05, 3.63) is 0 Å². The zero-order valence-electron chi connectivity index (χ0n) is 8.00. The fourth-order valence-electron chi connectivity index (χ4n) is 1.49. The number of nitrogens with zero attached hydrogens (tertiary/aromatic N) is 2. The van der Waals surface area contributed by atoms with E-state index in [4.69, 9.17) is 0 Å². The number of carbonyl (C=O) groups is 2. The van der Waals surface area contributed by atoms with E-state index in [0.29, 0.717) is 11.1 Å². The van der Waals surface area contributed by atoms with Crippen molar-refractivity contribution in [1.29, 1.82) is 0 Å². The van der Waals surface area contributed by atoms with E-state index < -0.39 is 5.41 Å². The average Bonchev–Trinajstić information content (AvgIpc) is 2.02. The summed E-state index contributed by atoms with van der Waals surface area (Å²) in [7, 11) is 1.72. The Morgan fingerprint density at radius 3 is 2.46 bits per heavy atom. The Kier molecular flexibility index (Phi) is 2.84. The molecular formula is C8H13IN2O2. The zero-order chi connectivity index (χ0) is 10.2. The van der Waals surface area contributed by atoms with Crippen LogP contribution in [0, 0.1) is 5.41 Å². The van der Waals surface area contributed by atoms with E-state index in [2.05, 4.69) is 0 Å². The number of urea groups is 1. The minimum atomic E-state index is -0.451. The highest BCUT2D eigenvalue weighted by Gasteiger charge is 2.42. The highest BCUT2D eigenvalue weighted by Crippen LogP contribution is 2.26. The minimum absolute atomic E-state index is 0.0787. The van der Waals surface area contributed by atoms with Gasteiger partial charge in [-0.2, -0.15) is 0 Å². The van der Waals surface area contributed by atoms with E-state index >= 15 is 0 Å². The van der Waals surface area contributed by atoms with Crippen LogP contribution in [0.2, 0.25) is 0 Å². The van der Waals surface area contributed by atoms with Crippen LogP contribution >= 0.6 is 22.6 Å². The Balaban J connectivity index is 2.95. The summed E-state index contributed by atoms with van der Waals surface area (Å²) in [6, 6.07) is -0.196. The van der Waals surface area contributed by atoms with Crippen LogP contribution in [0.25, 0.3) is 0 Å². The molecule has 0 radical (unpaired) electrons. The Hall–Kier alpha value is -0.330. The molecule has 0 aromatic heterocycles. The Morgan fingerprint density at radius 2 is 2.00 bits per heavy atom. The molecular weight excluding hydrogens is 283 g/mol. The van der Waals surface area contributed by atoms with Gasteiger partial charge in [-0.3, -0.25) is 9.69 Å². The van der Waals surface area contributed by atoms with Crippen LogP contribution < -0.4 is 0 Å². The minimum Gasteiger partial charge on any atom is -0.326 e. The molecule has 1 rings (SSSR count). The van der Waals surface area contributed by atoms with Gasteiger partial charge in [0.15, 0.2) is 0 Å². The van der Waals surface area contributed by atoms with Crippen LogP contribution in [0.3, 0.4) is 0 Å². The maximum atomic E-state index is 11.7. The first-order valence-electron chi connectivity index (χ1n) is 4.03. The van der Waals surface area contributed by atoms with Crippen molar-refractivity contribution in [3.8, 4) is 0 Å². The number of alkyl halides is 1. The SMILES string of the molecule is CN1CC(C)(C)C(=O)N(CI)C1=O. The molecule has 1 aliphatic rings. The average molecular weight is 296 g/mol. The lowest BCUT2D eigenvalue weighted by atomic mass is 9.89. The van der Waals surface area contributed by atoms with Crippen molar-refractivity contribution in [3.63, 3.8) is 0 Å². The molecule has 1 aliphatic heterocycles. The fourth-order valence-corrected chi connectivity index (χ4v) is 2.09. The molecule has 0 saturated carbocycles. The van der Waals surface area contributed by atoms with E-state index in [1.54, 1.807) is 11.9 Å². The third kappa shape index (κ3) is 1.79. The Morgan fingerprint density at radius 1 is 1.46 bits per heavy atom. The Labute approximate surface area is 91.4 Å². The number of carbonyl (C=O) groups excluding carboxylic acids is 2. The molecule has 0 N–H and O–H groups in total. The van der Waals surface area contributed by atoms with Gasteiger partial charge in [0.2, 0.25) is 5.91 Å². The molecule has 0 aromatic carbocycles. The normalized spacial score (nSPS) is 22.5. The molecule has 5 heteroatoms. The smallest absolute Gasteiger partial charge is 0.326 e. The summed E-state index contributed by atoms with van der Waals surface area (Å²) in [5.74, 6) is -0.0787. The van der Waals surface area contributed by atoms with Gasteiger partial charge in [0, 0.05) is 13.6 Å². The van der Waals surface area contributed by atoms with Gasteiger partial charge in [-0.1, -0.05) is 22.6 Å². The van der Waals surface area contributed by atoms with E-state index in [9.17, 15) is 9.59 Å². The summed E-state index contributed by atoms with van der Waals surface area (Å²) in [6.07, 6.45) is 0. The van der Waals surface area contributed by atoms with Crippen LogP contribution in [0.15, 0.2) is 0 Å². The fraction of sp³-hybridized carbons (Fsp3) is 0.750. The molecule has 0 bridgehead atoms. The van der Waals surface area contributed by atoms with Gasteiger partial charge >= 0.3 is 6.03 Å². The summed E-state index contributed by atoms with van der Waals surface area (Å²) in [5.41, 5.74) is -0.451. The number of rotatable bonds is 1. The maximum absolute atomic E-state index is 11.7. The molecule has 74 valence electrons. The van der Waals surface area contributed by atoms with Crippen molar-refractivity contribution >= 4 is 34.5 Å². The molecule has 1 heterocycles. The van der Waals surface area contributed by atoms with Gasteiger partial charge in [-0.15, -0.1) is 0 Å². The van der Waals surface area contributed by atoms with Gasteiger partial charge in [-0.05, 0) is 13.8 Å². The summed E-state index contributed by atoms with van der Waals surface area (Å²) in [5, 5.41) is 0. The molecule has 0 spiro atoms. The number of hydrogen-bond donors (Lipinski definition) is 0. The van der Waals surface area contributed by atoms with Crippen molar-refractivity contribution in [2.75, 3.05) is 18.1 Å². The van der Waals surface area contributed by atoms with Crippen LogP contribution in [0.1, 0.15) is 13.8 Å². The van der Waals surface area contributed by atoms with E-state index in [1.165, 1.54) is 4.90 Å². The van der Waals surface area contributed by atoms with Crippen molar-refractivity contribution < 1.29 is 9.59 Å². The van der Waals surface area contributed by atoms with Crippen molar-refractivity contribution in [2.45, 2.75) is 13.8 Å². The standard InChI is InChI=1S/C8H13IN2O2/c1-8(2)4-10(3)7(13)11(5-9)6(8)12/h4-5H2,1-3H3. The molecule has 4 nitrogen and oxygen atoms in total. The molecule has 3 amide bonds. The third-order valence-corrected chi connectivity index (χ3v) is 2.82. The quantitative estimate of drug-likeness (QED) is 0.416. The number of amides is 3. The number of halogens is 1. The lowest BCUT2D eigenvalue weighted by Gasteiger charge is -2.40. The molecule has 0 atom stereocenters. The Bertz CT molecular complexity index is 253. The highest BCUT2D eigenvalue weighted by molar-refractivity contribution is 14.1. The lowest BCUT2D eigenvalue weighted by Crippen LogP contribution is -2.58. The van der Waals surface area contributed by atoms with Gasteiger partial charge < -0.3 is 4.90 Å². The van der Waals surface area contributed by atoms with Crippen LogP contribution in [0.4, 0.5) is 4.79 Å². The van der Waals surface area contributed by atoms with E-state index in [-0.39, 0.29) is 11.9 Å². The highest BCUT2D eigenvalue weighted by atomic mass is 127. The molecule has 0 aromatic rings. The summed E-state index contributed by atoms with van der Waals surface area (Å²) in [6.45, 7) is 4.22. The molecule has 0 aliphatic carbocycles. The van der Waals surface area contributed by atoms with Gasteiger partial charge in [0.25, 0.3) is 0 Å². The topological polar surface area (TPSA) is 40.6 Å². The van der Waals surface area contributed by atoms with Crippen LogP contribution in [-0.2, 0) is 4.79 Å². The predicted octanol–water partition coefficient (Wildman–Crippen LogP) is 1.30. The van der Waals surface area contributed by atoms with Gasteiger partial charge in [-0.25, -0.2) is 4.79 Å². The third-order valence-electron chi connectivity index (χ3n) is 2.13.